The number of ether oxygens (including phenoxy) is 1. The molecule has 0 radical (unpaired) electrons. The summed E-state index contributed by atoms with van der Waals surface area (Å²) in [6, 6.07) is 9.26. The third-order valence-corrected chi connectivity index (χ3v) is 6.59. The van der Waals surface area contributed by atoms with Gasteiger partial charge < -0.3 is 14.3 Å². The number of hydrogen-bond acceptors (Lipinski definition) is 6. The maximum atomic E-state index is 12.6. The summed E-state index contributed by atoms with van der Waals surface area (Å²) >= 11 is 7.33. The number of halogens is 1. The van der Waals surface area contributed by atoms with Crippen molar-refractivity contribution in [1.29, 1.82) is 0 Å². The lowest BCUT2D eigenvalue weighted by Gasteiger charge is -2.26. The predicted molar refractivity (Wildman–Crippen MR) is 99.2 cm³/mol. The van der Waals surface area contributed by atoms with Gasteiger partial charge in [0.05, 0.1) is 29.6 Å². The van der Waals surface area contributed by atoms with Crippen LogP contribution in [0.25, 0.3) is 0 Å². The average molecular weight is 414 g/mol. The Balaban J connectivity index is 1.88. The minimum absolute atomic E-state index is 0.0241. The van der Waals surface area contributed by atoms with E-state index in [0.717, 1.165) is 0 Å². The molecule has 2 N–H and O–H groups in total. The third kappa shape index (κ3) is 3.65. The number of benzene rings is 1. The second kappa shape index (κ2) is 7.42. The van der Waals surface area contributed by atoms with Gasteiger partial charge in [-0.3, -0.25) is 0 Å². The van der Waals surface area contributed by atoms with Crippen molar-refractivity contribution < 1.29 is 22.7 Å². The van der Waals surface area contributed by atoms with Gasteiger partial charge in [0.15, 0.2) is 0 Å². The molecule has 0 aliphatic heterocycles. The molecule has 3 rings (SSSR count). The Morgan fingerprint density at radius 2 is 2.15 bits per heavy atom. The van der Waals surface area contributed by atoms with Crippen LogP contribution in [-0.2, 0) is 15.6 Å². The van der Waals surface area contributed by atoms with E-state index in [1.165, 1.54) is 49.2 Å². The number of furan rings is 1. The van der Waals surface area contributed by atoms with E-state index in [4.69, 9.17) is 20.8 Å². The minimum Gasteiger partial charge on any atom is -0.495 e. The summed E-state index contributed by atoms with van der Waals surface area (Å²) in [4.78, 5) is 0.568. The summed E-state index contributed by atoms with van der Waals surface area (Å²) < 4.78 is 37.8. The Morgan fingerprint density at radius 3 is 2.73 bits per heavy atom. The van der Waals surface area contributed by atoms with Crippen molar-refractivity contribution in [2.24, 2.45) is 0 Å². The summed E-state index contributed by atoms with van der Waals surface area (Å²) in [6.07, 6.45) is 2.81. The van der Waals surface area contributed by atoms with Crippen molar-refractivity contribution in [3.05, 3.63) is 69.8 Å². The van der Waals surface area contributed by atoms with Crippen LogP contribution in [0.1, 0.15) is 10.4 Å². The molecule has 0 amide bonds. The molecule has 0 fully saturated rings. The van der Waals surface area contributed by atoms with E-state index in [2.05, 4.69) is 4.72 Å². The highest BCUT2D eigenvalue weighted by atomic mass is 35.5. The lowest BCUT2D eigenvalue weighted by atomic mass is 9.95. The van der Waals surface area contributed by atoms with Crippen LogP contribution in [0.4, 0.5) is 0 Å². The summed E-state index contributed by atoms with van der Waals surface area (Å²) in [6.45, 7) is -0.265. The maximum Gasteiger partial charge on any atom is 0.240 e. The van der Waals surface area contributed by atoms with E-state index in [1.54, 1.807) is 23.6 Å². The number of hydrogen-bond donors (Lipinski definition) is 2. The topological polar surface area (TPSA) is 88.8 Å². The van der Waals surface area contributed by atoms with Crippen LogP contribution >= 0.6 is 22.9 Å². The van der Waals surface area contributed by atoms with Crippen molar-refractivity contribution in [2.75, 3.05) is 13.7 Å². The molecule has 2 heterocycles. The zero-order valence-corrected chi connectivity index (χ0v) is 16.1. The van der Waals surface area contributed by atoms with E-state index < -0.39 is 15.6 Å². The van der Waals surface area contributed by atoms with Gasteiger partial charge in [-0.25, -0.2) is 13.1 Å². The first kappa shape index (κ1) is 18.9. The summed E-state index contributed by atoms with van der Waals surface area (Å²) in [5.41, 5.74) is -1.10. The number of sulfonamides is 1. The fourth-order valence-electron chi connectivity index (χ4n) is 2.44. The Hall–Kier alpha value is -1.84. The van der Waals surface area contributed by atoms with Crippen molar-refractivity contribution in [1.82, 2.24) is 4.72 Å². The molecule has 0 spiro atoms. The number of methoxy groups -OCH3 is 1. The van der Waals surface area contributed by atoms with Crippen molar-refractivity contribution in [3.8, 4) is 5.75 Å². The molecule has 0 saturated heterocycles. The fraction of sp³-hybridized carbons (Fsp3) is 0.176. The molecule has 0 unspecified atom stereocenters. The highest BCUT2D eigenvalue weighted by molar-refractivity contribution is 7.89. The van der Waals surface area contributed by atoms with Gasteiger partial charge in [-0.1, -0.05) is 17.7 Å². The molecule has 6 nitrogen and oxygen atoms in total. The van der Waals surface area contributed by atoms with Crippen molar-refractivity contribution >= 4 is 33.0 Å². The molecule has 26 heavy (non-hydrogen) atoms. The Kier molecular flexibility index (Phi) is 5.40. The minimum atomic E-state index is -3.90. The first-order valence-electron chi connectivity index (χ1n) is 7.49. The molecule has 0 saturated carbocycles. The number of aliphatic hydroxyl groups is 1. The SMILES string of the molecule is COc1ccc(S(=O)(=O)NC[C@](O)(c2ccoc2)c2cccs2)cc1Cl. The number of nitrogens with one attached hydrogen (secondary N) is 1. The fourth-order valence-corrected chi connectivity index (χ4v) is 4.70. The smallest absolute Gasteiger partial charge is 0.240 e. The second-order valence-electron chi connectivity index (χ2n) is 5.47. The first-order valence-corrected chi connectivity index (χ1v) is 10.2. The maximum absolute atomic E-state index is 12.6. The van der Waals surface area contributed by atoms with Gasteiger partial charge in [0.1, 0.15) is 11.4 Å². The molecule has 0 aliphatic rings. The number of rotatable bonds is 7. The Morgan fingerprint density at radius 1 is 1.35 bits per heavy atom. The van der Waals surface area contributed by atoms with E-state index >= 15 is 0 Å². The zero-order chi connectivity index (χ0) is 18.8. The molecule has 0 bridgehead atoms. The molecular formula is C17H16ClNO5S2. The molecule has 3 aromatic rings. The summed E-state index contributed by atoms with van der Waals surface area (Å²) in [5.74, 6) is 0.374. The molecule has 1 aromatic carbocycles. The lowest BCUT2D eigenvalue weighted by molar-refractivity contribution is 0.0892. The lowest BCUT2D eigenvalue weighted by Crippen LogP contribution is -2.40. The van der Waals surface area contributed by atoms with E-state index in [9.17, 15) is 13.5 Å². The second-order valence-corrected chi connectivity index (χ2v) is 8.59. The van der Waals surface area contributed by atoms with Crippen LogP contribution in [0.2, 0.25) is 5.02 Å². The molecule has 2 aromatic heterocycles. The van der Waals surface area contributed by atoms with Gasteiger partial charge in [-0.2, -0.15) is 0 Å². The molecule has 138 valence electrons. The monoisotopic (exact) mass is 413 g/mol. The largest absolute Gasteiger partial charge is 0.495 e. The Bertz CT molecular complexity index is 935. The van der Waals surface area contributed by atoms with Gasteiger partial charge in [-0.15, -0.1) is 11.3 Å². The van der Waals surface area contributed by atoms with E-state index in [1.807, 2.05) is 0 Å². The summed E-state index contributed by atoms with van der Waals surface area (Å²) in [5, 5.41) is 13.1. The Labute approximate surface area is 160 Å². The van der Waals surface area contributed by atoms with Crippen LogP contribution in [0.5, 0.6) is 5.75 Å². The highest BCUT2D eigenvalue weighted by Gasteiger charge is 2.35. The highest BCUT2D eigenvalue weighted by Crippen LogP contribution is 2.33. The third-order valence-electron chi connectivity index (χ3n) is 3.88. The molecule has 0 aliphatic carbocycles. The van der Waals surface area contributed by atoms with Crippen LogP contribution < -0.4 is 9.46 Å². The molecule has 1 atom stereocenters. The van der Waals surface area contributed by atoms with Gasteiger partial charge in [0.2, 0.25) is 10.0 Å². The normalized spacial score (nSPS) is 14.1. The molecule has 9 heteroatoms. The van der Waals surface area contributed by atoms with Crippen LogP contribution in [0.15, 0.2) is 63.6 Å². The van der Waals surface area contributed by atoms with Crippen LogP contribution in [0.3, 0.4) is 0 Å². The van der Waals surface area contributed by atoms with E-state index in [0.29, 0.717) is 16.2 Å². The van der Waals surface area contributed by atoms with Gasteiger partial charge >= 0.3 is 0 Å². The van der Waals surface area contributed by atoms with E-state index in [-0.39, 0.29) is 16.5 Å². The predicted octanol–water partition coefficient (Wildman–Crippen LogP) is 3.22. The van der Waals surface area contributed by atoms with Crippen molar-refractivity contribution in [3.63, 3.8) is 0 Å². The van der Waals surface area contributed by atoms with Gasteiger partial charge in [0.25, 0.3) is 0 Å². The summed E-state index contributed by atoms with van der Waals surface area (Å²) in [7, 11) is -2.45. The van der Waals surface area contributed by atoms with Crippen molar-refractivity contribution in [2.45, 2.75) is 10.5 Å². The van der Waals surface area contributed by atoms with Crippen LogP contribution in [-0.4, -0.2) is 27.2 Å². The van der Waals surface area contributed by atoms with Gasteiger partial charge in [0, 0.05) is 17.0 Å². The average Bonchev–Trinajstić information content (AvgIpc) is 3.33. The zero-order valence-electron chi connectivity index (χ0n) is 13.7. The quantitative estimate of drug-likeness (QED) is 0.620. The van der Waals surface area contributed by atoms with Crippen LogP contribution in [0, 0.1) is 0 Å². The first-order chi connectivity index (χ1) is 12.4. The number of thiophene rings is 1. The van der Waals surface area contributed by atoms with Gasteiger partial charge in [-0.05, 0) is 35.7 Å². The molecular weight excluding hydrogens is 398 g/mol. The standard InChI is InChI=1S/C17H16ClNO5S2/c1-23-15-5-4-13(9-14(15)18)26(21,22)19-11-17(20,12-6-7-24-10-12)16-3-2-8-25-16/h2-10,19-20H,11H2,1H3/t17-/m0/s1.